The number of nitrogens with one attached hydrogen (secondary N) is 1. The number of imidazole rings is 1. The van der Waals surface area contributed by atoms with Gasteiger partial charge in [-0.05, 0) is 30.7 Å². The van der Waals surface area contributed by atoms with Gasteiger partial charge in [0.05, 0.1) is 12.7 Å². The molecule has 0 saturated carbocycles. The molecule has 0 atom stereocenters. The smallest absolute Gasteiger partial charge is 0.128 e. The fourth-order valence-corrected chi connectivity index (χ4v) is 2.36. The Bertz CT molecular complexity index is 516. The Kier molecular flexibility index (Phi) is 3.74. The van der Waals surface area contributed by atoms with E-state index in [0.29, 0.717) is 11.7 Å². The summed E-state index contributed by atoms with van der Waals surface area (Å²) < 4.78 is 2.93. The fourth-order valence-electron chi connectivity index (χ4n) is 1.61. The second-order valence-corrected chi connectivity index (χ2v) is 5.23. The molecule has 0 bridgehead atoms. The normalized spacial score (nSPS) is 10.6. The molecule has 0 aliphatic carbocycles. The van der Waals surface area contributed by atoms with E-state index < -0.39 is 0 Å². The summed E-state index contributed by atoms with van der Waals surface area (Å²) in [6.45, 7) is 2.71. The number of hydrogen-bond donors (Lipinski definition) is 1. The van der Waals surface area contributed by atoms with E-state index in [2.05, 4.69) is 45.3 Å². The van der Waals surface area contributed by atoms with Gasteiger partial charge < -0.3 is 9.88 Å². The lowest BCUT2D eigenvalue weighted by atomic mass is 10.2. The molecule has 0 unspecified atom stereocenters. The molecule has 0 radical (unpaired) electrons. The van der Waals surface area contributed by atoms with Crippen LogP contribution in [0.3, 0.4) is 0 Å². The highest BCUT2D eigenvalue weighted by molar-refractivity contribution is 9.10. The van der Waals surface area contributed by atoms with Crippen LogP contribution in [-0.2, 0) is 13.6 Å². The fraction of sp³-hybridized carbons (Fsp3) is 0.250. The van der Waals surface area contributed by atoms with Crippen LogP contribution in [-0.4, -0.2) is 9.55 Å². The highest BCUT2D eigenvalue weighted by Crippen LogP contribution is 2.19. The molecule has 17 heavy (non-hydrogen) atoms. The average Bonchev–Trinajstić information content (AvgIpc) is 2.56. The first-order valence-corrected chi connectivity index (χ1v) is 6.40. The molecule has 0 aliphatic rings. The molecule has 90 valence electrons. The van der Waals surface area contributed by atoms with Gasteiger partial charge in [0.15, 0.2) is 0 Å². The average molecular weight is 315 g/mol. The molecule has 2 aromatic rings. The Labute approximate surface area is 114 Å². The highest BCUT2D eigenvalue weighted by Gasteiger charge is 2.04. The van der Waals surface area contributed by atoms with Gasteiger partial charge in [-0.1, -0.05) is 27.5 Å². The lowest BCUT2D eigenvalue weighted by molar-refractivity contribution is 0.813. The Morgan fingerprint density at radius 1 is 1.41 bits per heavy atom. The van der Waals surface area contributed by atoms with Crippen molar-refractivity contribution in [2.24, 2.45) is 7.05 Å². The Morgan fingerprint density at radius 2 is 2.18 bits per heavy atom. The predicted molar refractivity (Wildman–Crippen MR) is 74.4 cm³/mol. The monoisotopic (exact) mass is 313 g/mol. The summed E-state index contributed by atoms with van der Waals surface area (Å²) in [5.41, 5.74) is 2.27. The number of hydrogen-bond acceptors (Lipinski definition) is 2. The third kappa shape index (κ3) is 3.01. The molecule has 0 aliphatic heterocycles. The summed E-state index contributed by atoms with van der Waals surface area (Å²) in [6.07, 6.45) is 1.66. The first kappa shape index (κ1) is 12.5. The quantitative estimate of drug-likeness (QED) is 0.935. The number of aryl methyl sites for hydroxylation is 1. The van der Waals surface area contributed by atoms with E-state index in [4.69, 9.17) is 11.6 Å². The van der Waals surface area contributed by atoms with Crippen LogP contribution >= 0.6 is 27.5 Å². The second kappa shape index (κ2) is 5.10. The largest absolute Gasteiger partial charge is 0.378 e. The SMILES string of the molecule is Cc1cc(Br)cc(NCc2ncc(Cl)n2C)c1. The third-order valence-corrected chi connectivity index (χ3v) is 3.33. The maximum absolute atomic E-state index is 5.93. The number of anilines is 1. The Morgan fingerprint density at radius 3 is 2.76 bits per heavy atom. The molecule has 0 saturated heterocycles. The van der Waals surface area contributed by atoms with Gasteiger partial charge in [-0.25, -0.2) is 4.98 Å². The number of halogens is 2. The van der Waals surface area contributed by atoms with Gasteiger partial charge in [0.2, 0.25) is 0 Å². The van der Waals surface area contributed by atoms with Gasteiger partial charge in [-0.15, -0.1) is 0 Å². The molecular weight excluding hydrogens is 302 g/mol. The van der Waals surface area contributed by atoms with Crippen LogP contribution in [0.4, 0.5) is 5.69 Å². The van der Waals surface area contributed by atoms with Gasteiger partial charge >= 0.3 is 0 Å². The highest BCUT2D eigenvalue weighted by atomic mass is 79.9. The van der Waals surface area contributed by atoms with E-state index in [1.54, 1.807) is 6.20 Å². The molecule has 2 rings (SSSR count). The molecule has 0 amide bonds. The summed E-state index contributed by atoms with van der Waals surface area (Å²) in [5, 5.41) is 3.97. The first-order chi connectivity index (χ1) is 8.06. The van der Waals surface area contributed by atoms with Crippen LogP contribution in [0.5, 0.6) is 0 Å². The maximum Gasteiger partial charge on any atom is 0.128 e. The molecule has 0 spiro atoms. The minimum Gasteiger partial charge on any atom is -0.378 e. The molecular formula is C12H13BrClN3. The van der Waals surface area contributed by atoms with E-state index in [1.165, 1.54) is 5.56 Å². The van der Waals surface area contributed by atoms with E-state index >= 15 is 0 Å². The lowest BCUT2D eigenvalue weighted by Crippen LogP contribution is -2.06. The number of nitrogens with zero attached hydrogens (tertiary/aromatic N) is 2. The van der Waals surface area contributed by atoms with Gasteiger partial charge in [-0.3, -0.25) is 0 Å². The number of benzene rings is 1. The maximum atomic E-state index is 5.93. The molecule has 1 N–H and O–H groups in total. The number of rotatable bonds is 3. The van der Waals surface area contributed by atoms with Crippen LogP contribution in [0.1, 0.15) is 11.4 Å². The van der Waals surface area contributed by atoms with E-state index in [9.17, 15) is 0 Å². The third-order valence-electron chi connectivity index (χ3n) is 2.52. The van der Waals surface area contributed by atoms with Gasteiger partial charge in [-0.2, -0.15) is 0 Å². The summed E-state index contributed by atoms with van der Waals surface area (Å²) in [7, 11) is 1.90. The van der Waals surface area contributed by atoms with Crippen LogP contribution in [0.2, 0.25) is 5.15 Å². The molecule has 5 heteroatoms. The van der Waals surface area contributed by atoms with Crippen molar-refractivity contribution in [1.82, 2.24) is 9.55 Å². The van der Waals surface area contributed by atoms with Crippen LogP contribution < -0.4 is 5.32 Å². The minimum atomic E-state index is 0.646. The van der Waals surface area contributed by atoms with Crippen molar-refractivity contribution in [2.75, 3.05) is 5.32 Å². The van der Waals surface area contributed by atoms with E-state index in [0.717, 1.165) is 16.0 Å². The molecule has 0 fully saturated rings. The zero-order valence-electron chi connectivity index (χ0n) is 9.67. The van der Waals surface area contributed by atoms with Crippen molar-refractivity contribution in [2.45, 2.75) is 13.5 Å². The van der Waals surface area contributed by atoms with Crippen molar-refractivity contribution in [3.05, 3.63) is 45.4 Å². The number of aromatic nitrogens is 2. The topological polar surface area (TPSA) is 29.9 Å². The molecule has 1 aromatic carbocycles. The summed E-state index contributed by atoms with van der Waals surface area (Å²) in [4.78, 5) is 4.23. The zero-order chi connectivity index (χ0) is 12.4. The Hall–Kier alpha value is -1.000. The van der Waals surface area contributed by atoms with Gasteiger partial charge in [0.25, 0.3) is 0 Å². The summed E-state index contributed by atoms with van der Waals surface area (Å²) in [5.74, 6) is 0.910. The van der Waals surface area contributed by atoms with E-state index in [1.807, 2.05) is 17.7 Å². The van der Waals surface area contributed by atoms with Crippen molar-refractivity contribution < 1.29 is 0 Å². The first-order valence-electron chi connectivity index (χ1n) is 5.23. The Balaban J connectivity index is 2.09. The predicted octanol–water partition coefficient (Wildman–Crippen LogP) is 3.76. The van der Waals surface area contributed by atoms with Gasteiger partial charge in [0, 0.05) is 17.2 Å². The summed E-state index contributed by atoms with van der Waals surface area (Å²) in [6, 6.07) is 6.20. The second-order valence-electron chi connectivity index (χ2n) is 3.93. The minimum absolute atomic E-state index is 0.646. The zero-order valence-corrected chi connectivity index (χ0v) is 12.0. The summed E-state index contributed by atoms with van der Waals surface area (Å²) >= 11 is 9.40. The molecule has 3 nitrogen and oxygen atoms in total. The van der Waals surface area contributed by atoms with Crippen molar-refractivity contribution >= 4 is 33.2 Å². The van der Waals surface area contributed by atoms with Gasteiger partial charge in [0.1, 0.15) is 11.0 Å². The van der Waals surface area contributed by atoms with Crippen molar-refractivity contribution in [1.29, 1.82) is 0 Å². The standard InChI is InChI=1S/C12H13BrClN3/c1-8-3-9(13)5-10(4-8)15-7-12-16-6-11(14)17(12)2/h3-6,15H,7H2,1-2H3. The van der Waals surface area contributed by atoms with Crippen LogP contribution in [0.25, 0.3) is 0 Å². The molecule has 1 aromatic heterocycles. The molecule has 1 heterocycles. The van der Waals surface area contributed by atoms with Crippen molar-refractivity contribution in [3.8, 4) is 0 Å². The van der Waals surface area contributed by atoms with E-state index in [-0.39, 0.29) is 0 Å². The van der Waals surface area contributed by atoms with Crippen LogP contribution in [0, 0.1) is 6.92 Å². The van der Waals surface area contributed by atoms with Crippen LogP contribution in [0.15, 0.2) is 28.9 Å². The lowest BCUT2D eigenvalue weighted by Gasteiger charge is -2.08. The van der Waals surface area contributed by atoms with Crippen molar-refractivity contribution in [3.63, 3.8) is 0 Å².